The molecular formula is C38H43N15O23P4S-4. The van der Waals surface area contributed by atoms with E-state index in [9.17, 15) is 68.2 Å². The number of nitrogens with two attached hydrogens (primary N) is 2. The van der Waals surface area contributed by atoms with Gasteiger partial charge in [-0.25, -0.2) is 33.8 Å². The monoisotopic (exact) mass is 1230 g/mol. The molecule has 0 aliphatic carbocycles. The van der Waals surface area contributed by atoms with E-state index >= 15 is 0 Å². The molecule has 0 bridgehead atoms. The molecule has 38 nitrogen and oxygen atoms in total. The SMILES string of the molecule is COC1[C@@H](OP(=O)([O-])O[C@H]2O[C@@H](n3cnc4c(=O)[nH]c(N)nc43)C(O)[C@H]2O)[C@@H](CSP(=O)([O-])OP(=O)([O-])OP(=O)([O-])OC[C@H]2O[C@@H]([n+]3cn(C)c4c([O-])nc(N)nc43)C(O)C2O)O[C@H]1n1cnc2c(NCc3ccccc3)ncnc21. The fourth-order valence-corrected chi connectivity index (χ4v) is 15.7. The third-order valence-corrected chi connectivity index (χ3v) is 19.9. The summed E-state index contributed by atoms with van der Waals surface area (Å²) in [7, 11) is -16.1. The molecule has 10 rings (SSSR count). The smallest absolute Gasteiger partial charge is 0.309 e. The van der Waals surface area contributed by atoms with Crippen molar-refractivity contribution in [1.82, 2.24) is 53.6 Å². The zero-order valence-corrected chi connectivity index (χ0v) is 45.5. The predicted molar refractivity (Wildman–Crippen MR) is 258 cm³/mol. The van der Waals surface area contributed by atoms with Crippen molar-refractivity contribution in [3.05, 3.63) is 71.6 Å². The first-order chi connectivity index (χ1) is 38.2. The Kier molecular flexibility index (Phi) is 16.3. The Morgan fingerprint density at radius 3 is 2.25 bits per heavy atom. The van der Waals surface area contributed by atoms with Crippen LogP contribution >= 0.6 is 41.6 Å². The first-order valence-electron chi connectivity index (χ1n) is 23.1. The van der Waals surface area contributed by atoms with Gasteiger partial charge in [0.1, 0.15) is 49.1 Å². The highest BCUT2D eigenvalue weighted by Gasteiger charge is 2.52. The average molecular weight is 1230 g/mol. The third-order valence-electron chi connectivity index (χ3n) is 12.4. The maximum atomic E-state index is 13.9. The lowest BCUT2D eigenvalue weighted by molar-refractivity contribution is -0.745. The van der Waals surface area contributed by atoms with Crippen molar-refractivity contribution in [1.29, 1.82) is 0 Å². The van der Waals surface area contributed by atoms with Gasteiger partial charge in [0.25, 0.3) is 35.0 Å². The van der Waals surface area contributed by atoms with Crippen molar-refractivity contribution in [3.63, 3.8) is 0 Å². The number of phosphoric acid groups is 3. The van der Waals surface area contributed by atoms with Crippen molar-refractivity contribution in [3.8, 4) is 5.88 Å². The summed E-state index contributed by atoms with van der Waals surface area (Å²) >= 11 is -0.375. The first kappa shape index (κ1) is 58.6. The number of nitrogens with zero attached hydrogens (tertiary/aromatic N) is 11. The highest BCUT2D eigenvalue weighted by Crippen LogP contribution is 2.67. The van der Waals surface area contributed by atoms with Crippen molar-refractivity contribution in [2.24, 2.45) is 7.05 Å². The van der Waals surface area contributed by atoms with Gasteiger partial charge in [0, 0.05) is 25.3 Å². The fraction of sp³-hybridized carbons (Fsp3) is 0.447. The lowest BCUT2D eigenvalue weighted by Gasteiger charge is -2.35. The van der Waals surface area contributed by atoms with Crippen LogP contribution in [0.2, 0.25) is 0 Å². The summed E-state index contributed by atoms with van der Waals surface area (Å²) in [5.41, 5.74) is 10.8. The third kappa shape index (κ3) is 12.1. The van der Waals surface area contributed by atoms with Gasteiger partial charge in [-0.1, -0.05) is 46.7 Å². The number of fused-ring (bicyclic) bond motifs is 3. The van der Waals surface area contributed by atoms with Crippen LogP contribution in [0.15, 0.2) is 60.4 Å². The van der Waals surface area contributed by atoms with Crippen LogP contribution in [-0.2, 0) is 73.0 Å². The number of nitrogens with one attached hydrogen (secondary N) is 2. The van der Waals surface area contributed by atoms with Gasteiger partial charge in [0.2, 0.25) is 12.2 Å². The summed E-state index contributed by atoms with van der Waals surface area (Å²) in [5, 5.41) is 59.0. The Morgan fingerprint density at radius 2 is 1.52 bits per heavy atom. The fourth-order valence-electron chi connectivity index (χ4n) is 8.92. The highest BCUT2D eigenvalue weighted by molar-refractivity contribution is 8.54. The van der Waals surface area contributed by atoms with Gasteiger partial charge in [0.15, 0.2) is 65.5 Å². The highest BCUT2D eigenvalue weighted by atomic mass is 32.7. The zero-order valence-electron chi connectivity index (χ0n) is 41.1. The van der Waals surface area contributed by atoms with Crippen LogP contribution < -0.4 is 51.6 Å². The van der Waals surface area contributed by atoms with Crippen molar-refractivity contribution in [2.75, 3.05) is 36.3 Å². The zero-order chi connectivity index (χ0) is 58.1. The standard InChI is InChI=1S/C38H47N15O23P4S/c1-50-14-53(30-20(50)32(59)49-38(40)47-30)34-22(55)21(54)16(70-34)9-69-77(60,61)75-79(64,65)76-80(66,67)81-10-17-25(26(68-2)35(71-17)51-12-44-18-27(42-11-43-28(18)51)41-8-15-6-4-3-5-7-15)73-78(62,63)74-36-24(57)23(56)33(72-36)52-13-45-19-29(52)46-37(39)48-31(19)58/h3-7,11-14,16-17,21-26,33-36,54-57H,8-10H2,1-2H3,(H10-,39,40,41,42,43,46,47,48,49,58,59,60,61,62,63,64,65,66,67)/p-4/t16-,17-,21?,22?,23?,24-,25+,26?,33-,34-,35-,36-/m1/s1. The predicted octanol–water partition coefficient (Wildman–Crippen LogP) is -4.75. The number of aromatic nitrogens is 12. The van der Waals surface area contributed by atoms with Gasteiger partial charge >= 0.3 is 5.65 Å². The maximum Gasteiger partial charge on any atom is 0.309 e. The number of aromatic amines is 1. The van der Waals surface area contributed by atoms with Gasteiger partial charge < -0.3 is 89.9 Å². The van der Waals surface area contributed by atoms with Crippen LogP contribution in [0.5, 0.6) is 5.88 Å². The van der Waals surface area contributed by atoms with Crippen LogP contribution in [0.3, 0.4) is 0 Å². The summed E-state index contributed by atoms with van der Waals surface area (Å²) in [5.74, 6) is -2.42. The molecule has 1 aromatic carbocycles. The largest absolute Gasteiger partial charge is 0.856 e. The number of phosphoric ester groups is 2. The number of aliphatic hydroxyl groups is 4. The minimum Gasteiger partial charge on any atom is -0.856 e. The molecule has 6 aromatic heterocycles. The van der Waals surface area contributed by atoms with E-state index < -0.39 is 134 Å². The van der Waals surface area contributed by atoms with Crippen LogP contribution in [0, 0.1) is 0 Å². The number of hydrogen-bond acceptors (Lipinski definition) is 34. The Morgan fingerprint density at radius 1 is 0.802 bits per heavy atom. The van der Waals surface area contributed by atoms with E-state index in [0.29, 0.717) is 0 Å². The van der Waals surface area contributed by atoms with E-state index in [2.05, 4.69) is 58.3 Å². The molecule has 3 saturated heterocycles. The van der Waals surface area contributed by atoms with Crippen LogP contribution in [0.1, 0.15) is 24.2 Å². The van der Waals surface area contributed by atoms with Crippen LogP contribution in [0.25, 0.3) is 33.5 Å². The molecule has 3 aliphatic rings. The number of hydrogen-bond donors (Lipinski definition) is 8. The van der Waals surface area contributed by atoms with Gasteiger partial charge in [-0.3, -0.25) is 50.6 Å². The van der Waals surface area contributed by atoms with E-state index in [4.69, 9.17) is 39.5 Å². The van der Waals surface area contributed by atoms with Crippen molar-refractivity contribution >= 4 is 92.9 Å². The molecule has 43 heteroatoms. The second-order valence-corrected chi connectivity index (χ2v) is 26.0. The molecule has 0 saturated carbocycles. The molecule has 0 spiro atoms. The molecule has 0 radical (unpaired) electrons. The number of H-pyrrole nitrogens is 1. The van der Waals surface area contributed by atoms with E-state index in [-0.39, 0.29) is 63.2 Å². The van der Waals surface area contributed by atoms with Gasteiger partial charge in [0.05, 0.1) is 32.4 Å². The van der Waals surface area contributed by atoms with E-state index in [1.165, 1.54) is 28.8 Å². The molecule has 10 N–H and O–H groups in total. The van der Waals surface area contributed by atoms with E-state index in [0.717, 1.165) is 34.5 Å². The molecule has 0 amide bonds. The number of methoxy groups -OCH3 is 1. The summed E-state index contributed by atoms with van der Waals surface area (Å²) in [6.45, 7) is -6.92. The van der Waals surface area contributed by atoms with Crippen LogP contribution in [-0.4, -0.2) is 149 Å². The second-order valence-electron chi connectivity index (χ2n) is 17.8. The number of aliphatic hydroxyl groups excluding tert-OH is 4. The molecule has 7 aromatic rings. The average Bonchev–Trinajstić information content (AvgIpc) is 3.81. The quantitative estimate of drug-likeness (QED) is 0.0247. The second kappa shape index (κ2) is 22.6. The Balaban J connectivity index is 0.841. The Bertz CT molecular complexity index is 3750. The lowest BCUT2D eigenvalue weighted by Crippen LogP contribution is -2.46. The van der Waals surface area contributed by atoms with Crippen molar-refractivity contribution in [2.45, 2.75) is 80.4 Å². The molecule has 16 atom stereocenters. The Hall–Kier alpha value is -5.54. The summed E-state index contributed by atoms with van der Waals surface area (Å²) in [6.07, 6.45) is -17.6. The number of rotatable bonds is 21. The van der Waals surface area contributed by atoms with Crippen molar-refractivity contribution < 1.29 is 109 Å². The minimum atomic E-state index is -6.52. The lowest BCUT2D eigenvalue weighted by atomic mass is 10.1. The minimum absolute atomic E-state index is 0.0498. The molecule has 8 unspecified atom stereocenters. The number of anilines is 3. The Labute approximate surface area is 455 Å². The summed E-state index contributed by atoms with van der Waals surface area (Å²) in [4.78, 5) is 95.9. The molecular weight excluding hydrogens is 1190 g/mol. The topological polar surface area (TPSA) is 553 Å². The maximum absolute atomic E-state index is 13.9. The number of aryl methyl sites for hydroxylation is 1. The molecule has 81 heavy (non-hydrogen) atoms. The first-order valence-corrected chi connectivity index (χ1v) is 30.7. The molecule has 9 heterocycles. The van der Waals surface area contributed by atoms with Gasteiger partial charge in [-0.2, -0.15) is 4.98 Å². The van der Waals surface area contributed by atoms with E-state index in [1.807, 2.05) is 30.3 Å². The van der Waals surface area contributed by atoms with Gasteiger partial charge in [-0.05, 0) is 5.56 Å². The van der Waals surface area contributed by atoms with Gasteiger partial charge in [-0.15, -0.1) is 0 Å². The van der Waals surface area contributed by atoms with E-state index in [1.54, 1.807) is 0 Å². The summed E-state index contributed by atoms with van der Waals surface area (Å²) < 4.78 is 104. The van der Waals surface area contributed by atoms with Crippen LogP contribution in [0.4, 0.5) is 17.7 Å². The normalized spacial score (nSPS) is 29.0. The molecule has 438 valence electrons. The number of ether oxygens (including phenoxy) is 4. The number of nitrogen functional groups attached to an aromatic ring is 2. The summed E-state index contributed by atoms with van der Waals surface area (Å²) in [6, 6.07) is 9.15. The molecule has 3 fully saturated rings. The molecule has 3 aliphatic heterocycles. The number of benzene rings is 1. The number of imidazole rings is 3.